The standard InChI is InChI=1S/C29H23F2N5O3/c30-19-6-3-5-17(13-19)14-24(34-26(37)16-36-25-9-2-1-8-23(25)35-29(36)39)27-20(7-4-12-33-27)18-10-11-22(31)21(15-18)28(32)38/h1-13,15,24H,14,16H2,(H2,32,38)(H,34,37)(H,35,39). The number of primary amides is 1. The molecule has 0 spiro atoms. The average molecular weight is 528 g/mol. The second-order valence-electron chi connectivity index (χ2n) is 8.98. The van der Waals surface area contributed by atoms with Crippen LogP contribution in [0.15, 0.2) is 89.9 Å². The van der Waals surface area contributed by atoms with Crippen molar-refractivity contribution in [3.05, 3.63) is 124 Å². The molecule has 0 aliphatic heterocycles. The Labute approximate surface area is 221 Å². The summed E-state index contributed by atoms with van der Waals surface area (Å²) in [7, 11) is 0. The maximum absolute atomic E-state index is 14.2. The number of nitrogens with one attached hydrogen (secondary N) is 2. The first-order chi connectivity index (χ1) is 18.8. The van der Waals surface area contributed by atoms with Gasteiger partial charge in [-0.3, -0.25) is 19.1 Å². The molecule has 10 heteroatoms. The highest BCUT2D eigenvalue weighted by Crippen LogP contribution is 2.30. The van der Waals surface area contributed by atoms with Gasteiger partial charge < -0.3 is 16.0 Å². The van der Waals surface area contributed by atoms with Crippen molar-refractivity contribution in [3.63, 3.8) is 0 Å². The zero-order valence-electron chi connectivity index (χ0n) is 20.5. The van der Waals surface area contributed by atoms with Crippen molar-refractivity contribution in [2.75, 3.05) is 0 Å². The summed E-state index contributed by atoms with van der Waals surface area (Å²) in [6.45, 7) is -0.271. The van der Waals surface area contributed by atoms with Gasteiger partial charge in [-0.05, 0) is 60.0 Å². The zero-order chi connectivity index (χ0) is 27.5. The normalized spacial score (nSPS) is 11.8. The Bertz CT molecular complexity index is 1760. The minimum Gasteiger partial charge on any atom is -0.366 e. The summed E-state index contributed by atoms with van der Waals surface area (Å²) < 4.78 is 29.5. The number of pyridine rings is 1. The minimum absolute atomic E-state index is 0.167. The molecule has 0 saturated carbocycles. The lowest BCUT2D eigenvalue weighted by molar-refractivity contribution is -0.122. The summed E-state index contributed by atoms with van der Waals surface area (Å²) in [4.78, 5) is 44.8. The fourth-order valence-corrected chi connectivity index (χ4v) is 4.58. The lowest BCUT2D eigenvalue weighted by Gasteiger charge is -2.22. The molecule has 2 aromatic heterocycles. The third-order valence-corrected chi connectivity index (χ3v) is 6.36. The maximum atomic E-state index is 14.2. The van der Waals surface area contributed by atoms with Crippen molar-refractivity contribution in [2.45, 2.75) is 19.0 Å². The van der Waals surface area contributed by atoms with Gasteiger partial charge >= 0.3 is 5.69 Å². The molecule has 8 nitrogen and oxygen atoms in total. The van der Waals surface area contributed by atoms with E-state index in [1.807, 2.05) is 0 Å². The van der Waals surface area contributed by atoms with Crippen LogP contribution in [0.3, 0.4) is 0 Å². The maximum Gasteiger partial charge on any atom is 0.326 e. The fraction of sp³-hybridized carbons (Fsp3) is 0.103. The molecule has 2 amide bonds. The number of hydrogen-bond donors (Lipinski definition) is 3. The van der Waals surface area contributed by atoms with E-state index < -0.39 is 35.2 Å². The highest BCUT2D eigenvalue weighted by atomic mass is 19.1. The van der Waals surface area contributed by atoms with Crippen LogP contribution >= 0.6 is 0 Å². The molecule has 0 saturated heterocycles. The second kappa shape index (κ2) is 10.7. The minimum atomic E-state index is -0.923. The monoisotopic (exact) mass is 527 g/mol. The molecule has 0 bridgehead atoms. The molecule has 1 unspecified atom stereocenters. The van der Waals surface area contributed by atoms with E-state index in [4.69, 9.17) is 5.73 Å². The van der Waals surface area contributed by atoms with E-state index in [-0.39, 0.29) is 18.5 Å². The molecule has 5 rings (SSSR count). The number of imidazole rings is 1. The largest absolute Gasteiger partial charge is 0.366 e. The number of fused-ring (bicyclic) bond motifs is 1. The van der Waals surface area contributed by atoms with Crippen molar-refractivity contribution in [1.82, 2.24) is 19.9 Å². The summed E-state index contributed by atoms with van der Waals surface area (Å²) in [6, 6.07) is 19.5. The predicted molar refractivity (Wildman–Crippen MR) is 142 cm³/mol. The number of nitrogens with two attached hydrogens (primary N) is 1. The SMILES string of the molecule is NC(=O)c1cc(-c2cccnc2C(Cc2cccc(F)c2)NC(=O)Cn2c(=O)[nH]c3ccccc32)ccc1F. The summed E-state index contributed by atoms with van der Waals surface area (Å²) >= 11 is 0. The van der Waals surface area contributed by atoms with E-state index in [1.165, 1.54) is 35.0 Å². The van der Waals surface area contributed by atoms with E-state index in [0.29, 0.717) is 33.4 Å². The van der Waals surface area contributed by atoms with Gasteiger partial charge in [-0.2, -0.15) is 0 Å². The summed E-state index contributed by atoms with van der Waals surface area (Å²) in [5.41, 5.74) is 7.77. The zero-order valence-corrected chi connectivity index (χ0v) is 20.5. The number of aromatic amines is 1. The fourth-order valence-electron chi connectivity index (χ4n) is 4.58. The van der Waals surface area contributed by atoms with Crippen LogP contribution in [0, 0.1) is 11.6 Å². The van der Waals surface area contributed by atoms with Crippen molar-refractivity contribution in [2.24, 2.45) is 5.73 Å². The highest BCUT2D eigenvalue weighted by molar-refractivity contribution is 5.94. The number of carbonyl (C=O) groups is 2. The number of H-pyrrole nitrogens is 1. The highest BCUT2D eigenvalue weighted by Gasteiger charge is 2.23. The van der Waals surface area contributed by atoms with Crippen LogP contribution in [-0.2, 0) is 17.8 Å². The second-order valence-corrected chi connectivity index (χ2v) is 8.98. The summed E-state index contributed by atoms with van der Waals surface area (Å²) in [5.74, 6) is -2.59. The van der Waals surface area contributed by atoms with E-state index in [0.717, 1.165) is 6.07 Å². The molecular weight excluding hydrogens is 504 g/mol. The van der Waals surface area contributed by atoms with E-state index >= 15 is 0 Å². The lowest BCUT2D eigenvalue weighted by Crippen LogP contribution is -2.35. The Balaban J connectivity index is 1.53. The van der Waals surface area contributed by atoms with E-state index in [2.05, 4.69) is 15.3 Å². The van der Waals surface area contributed by atoms with Crippen molar-refractivity contribution < 1.29 is 18.4 Å². The van der Waals surface area contributed by atoms with Crippen LogP contribution in [0.5, 0.6) is 0 Å². The number of nitrogens with zero attached hydrogens (tertiary/aromatic N) is 2. The van der Waals surface area contributed by atoms with Gasteiger partial charge in [0.15, 0.2) is 0 Å². The van der Waals surface area contributed by atoms with Crippen LogP contribution < -0.4 is 16.7 Å². The number of para-hydroxylation sites is 2. The van der Waals surface area contributed by atoms with Crippen LogP contribution in [0.1, 0.15) is 27.7 Å². The van der Waals surface area contributed by atoms with Crippen LogP contribution in [0.25, 0.3) is 22.2 Å². The molecule has 0 aliphatic rings. The first-order valence-electron chi connectivity index (χ1n) is 12.1. The Kier molecular flexibility index (Phi) is 7.00. The molecular formula is C29H23F2N5O3. The van der Waals surface area contributed by atoms with Gasteiger partial charge in [0.2, 0.25) is 5.91 Å². The Morgan fingerprint density at radius 3 is 2.62 bits per heavy atom. The van der Waals surface area contributed by atoms with Gasteiger partial charge in [0.25, 0.3) is 5.91 Å². The van der Waals surface area contributed by atoms with Crippen molar-refractivity contribution in [3.8, 4) is 11.1 Å². The van der Waals surface area contributed by atoms with E-state index in [1.54, 1.807) is 48.5 Å². The first-order valence-corrected chi connectivity index (χ1v) is 12.1. The number of benzene rings is 3. The molecule has 0 radical (unpaired) electrons. The molecule has 3 aromatic carbocycles. The number of rotatable bonds is 8. The third-order valence-electron chi connectivity index (χ3n) is 6.36. The molecule has 5 aromatic rings. The number of aromatic nitrogens is 3. The molecule has 0 aliphatic carbocycles. The number of hydrogen-bond acceptors (Lipinski definition) is 4. The molecule has 0 fully saturated rings. The van der Waals surface area contributed by atoms with Gasteiger partial charge in [-0.1, -0.05) is 36.4 Å². The average Bonchev–Trinajstić information content (AvgIpc) is 3.23. The summed E-state index contributed by atoms with van der Waals surface area (Å²) in [6.07, 6.45) is 1.70. The van der Waals surface area contributed by atoms with Crippen LogP contribution in [0.4, 0.5) is 8.78 Å². The smallest absolute Gasteiger partial charge is 0.326 e. The number of halogens is 2. The van der Waals surface area contributed by atoms with Crippen LogP contribution in [-0.4, -0.2) is 26.3 Å². The summed E-state index contributed by atoms with van der Waals surface area (Å²) in [5, 5.41) is 2.93. The van der Waals surface area contributed by atoms with Crippen LogP contribution in [0.2, 0.25) is 0 Å². The molecule has 4 N–H and O–H groups in total. The Morgan fingerprint density at radius 1 is 1.00 bits per heavy atom. The molecule has 39 heavy (non-hydrogen) atoms. The lowest BCUT2D eigenvalue weighted by atomic mass is 9.94. The molecule has 196 valence electrons. The number of amides is 2. The van der Waals surface area contributed by atoms with Gasteiger partial charge in [-0.15, -0.1) is 0 Å². The van der Waals surface area contributed by atoms with Gasteiger partial charge in [0.05, 0.1) is 28.3 Å². The predicted octanol–water partition coefficient (Wildman–Crippen LogP) is 3.87. The van der Waals surface area contributed by atoms with Gasteiger partial charge in [0, 0.05) is 11.8 Å². The first kappa shape index (κ1) is 25.5. The van der Waals surface area contributed by atoms with Gasteiger partial charge in [-0.25, -0.2) is 13.6 Å². The quantitative estimate of drug-likeness (QED) is 0.284. The van der Waals surface area contributed by atoms with Crippen molar-refractivity contribution in [1.29, 1.82) is 0 Å². The molecule has 1 atom stereocenters. The Morgan fingerprint density at radius 2 is 1.82 bits per heavy atom. The molecule has 2 heterocycles. The Hall–Kier alpha value is -5.12. The van der Waals surface area contributed by atoms with Gasteiger partial charge in [0.1, 0.15) is 18.2 Å². The topological polar surface area (TPSA) is 123 Å². The van der Waals surface area contributed by atoms with Crippen molar-refractivity contribution >= 4 is 22.8 Å². The number of carbonyl (C=O) groups excluding carboxylic acids is 2. The third kappa shape index (κ3) is 5.45. The van der Waals surface area contributed by atoms with E-state index in [9.17, 15) is 23.2 Å².